The van der Waals surface area contributed by atoms with Crippen molar-refractivity contribution < 1.29 is 4.79 Å². The summed E-state index contributed by atoms with van der Waals surface area (Å²) in [4.78, 5) is 16.2. The Morgan fingerprint density at radius 2 is 2.05 bits per heavy atom. The second-order valence-electron chi connectivity index (χ2n) is 5.40. The van der Waals surface area contributed by atoms with E-state index in [2.05, 4.69) is 28.4 Å². The van der Waals surface area contributed by atoms with Crippen LogP contribution in [-0.2, 0) is 4.79 Å². The Balaban J connectivity index is 1.69. The Bertz CT molecular complexity index is 642. The molecule has 0 aromatic heterocycles. The maximum Gasteiger partial charge on any atom is 0.160 e. The van der Waals surface area contributed by atoms with Crippen LogP contribution in [0, 0.1) is 0 Å². The number of carbonyl (C=O) groups is 1. The van der Waals surface area contributed by atoms with Crippen LogP contribution in [0.15, 0.2) is 45.8 Å². The molecule has 1 aromatic rings. The van der Waals surface area contributed by atoms with Crippen molar-refractivity contribution in [2.45, 2.75) is 24.2 Å². The van der Waals surface area contributed by atoms with Gasteiger partial charge >= 0.3 is 0 Å². The summed E-state index contributed by atoms with van der Waals surface area (Å²) in [6.07, 6.45) is 6.83. The third kappa shape index (κ3) is 2.04. The van der Waals surface area contributed by atoms with E-state index in [1.807, 2.05) is 6.08 Å². The zero-order chi connectivity index (χ0) is 13.5. The van der Waals surface area contributed by atoms with Gasteiger partial charge in [0.15, 0.2) is 5.78 Å². The number of ketones is 1. The Morgan fingerprint density at radius 3 is 2.90 bits per heavy atom. The van der Waals surface area contributed by atoms with Crippen LogP contribution in [0.1, 0.15) is 19.3 Å². The third-order valence-electron chi connectivity index (χ3n) is 3.99. The number of hydrogen-bond acceptors (Lipinski definition) is 4. The average molecular weight is 284 g/mol. The SMILES string of the molecule is O=C1C=C2Sc3cc(N4CCCC4)ccc3NC2=CC1. The predicted octanol–water partition coefficient (Wildman–Crippen LogP) is 3.55. The summed E-state index contributed by atoms with van der Waals surface area (Å²) in [7, 11) is 0. The first kappa shape index (κ1) is 12.1. The number of hydrogen-bond donors (Lipinski definition) is 1. The molecule has 0 bridgehead atoms. The second-order valence-corrected chi connectivity index (χ2v) is 6.48. The fraction of sp³-hybridized carbons (Fsp3) is 0.312. The first-order chi connectivity index (χ1) is 9.79. The van der Waals surface area contributed by atoms with E-state index in [4.69, 9.17) is 0 Å². The summed E-state index contributed by atoms with van der Waals surface area (Å²) in [6, 6.07) is 6.60. The van der Waals surface area contributed by atoms with Crippen molar-refractivity contribution in [2.75, 3.05) is 23.3 Å². The highest BCUT2D eigenvalue weighted by Crippen LogP contribution is 2.44. The number of thioether (sulfide) groups is 1. The molecule has 0 radical (unpaired) electrons. The normalized spacial score (nSPS) is 20.8. The molecule has 3 aliphatic rings. The number of carbonyl (C=O) groups excluding carboxylic acids is 1. The quantitative estimate of drug-likeness (QED) is 0.855. The van der Waals surface area contributed by atoms with Crippen LogP contribution in [-0.4, -0.2) is 18.9 Å². The zero-order valence-electron chi connectivity index (χ0n) is 11.2. The van der Waals surface area contributed by atoms with E-state index in [0.717, 1.165) is 29.4 Å². The first-order valence-electron chi connectivity index (χ1n) is 7.08. The van der Waals surface area contributed by atoms with Crippen LogP contribution < -0.4 is 10.2 Å². The van der Waals surface area contributed by atoms with E-state index in [1.165, 1.54) is 23.4 Å². The van der Waals surface area contributed by atoms with Gasteiger partial charge in [-0.3, -0.25) is 4.79 Å². The first-order valence-corrected chi connectivity index (χ1v) is 7.90. The van der Waals surface area contributed by atoms with Gasteiger partial charge in [0.05, 0.1) is 5.69 Å². The molecule has 20 heavy (non-hydrogen) atoms. The van der Waals surface area contributed by atoms with Crippen molar-refractivity contribution in [1.82, 2.24) is 0 Å². The molecule has 4 heteroatoms. The highest BCUT2D eigenvalue weighted by molar-refractivity contribution is 8.03. The lowest BCUT2D eigenvalue weighted by Gasteiger charge is -2.27. The predicted molar refractivity (Wildman–Crippen MR) is 83.2 cm³/mol. The van der Waals surface area contributed by atoms with Gasteiger partial charge in [-0.25, -0.2) is 0 Å². The lowest BCUT2D eigenvalue weighted by atomic mass is 10.1. The van der Waals surface area contributed by atoms with Crippen molar-refractivity contribution >= 4 is 28.9 Å². The molecule has 3 nitrogen and oxygen atoms in total. The molecule has 0 atom stereocenters. The number of anilines is 2. The zero-order valence-corrected chi connectivity index (χ0v) is 12.0. The minimum Gasteiger partial charge on any atom is -0.372 e. The standard InChI is InChI=1S/C16H16N2OS/c19-12-4-6-14-16(10-12)20-15-9-11(3-5-13(15)17-14)18-7-1-2-8-18/h3,5-6,9-10,17H,1-2,4,7-8H2. The lowest BCUT2D eigenvalue weighted by molar-refractivity contribution is -0.113. The molecule has 0 saturated carbocycles. The lowest BCUT2D eigenvalue weighted by Crippen LogP contribution is -2.18. The van der Waals surface area contributed by atoms with Gasteiger partial charge in [0.2, 0.25) is 0 Å². The smallest absolute Gasteiger partial charge is 0.160 e. The molecular weight excluding hydrogens is 268 g/mol. The third-order valence-corrected chi connectivity index (χ3v) is 5.11. The van der Waals surface area contributed by atoms with Crippen molar-refractivity contribution in [3.63, 3.8) is 0 Å². The molecule has 2 aliphatic heterocycles. The summed E-state index contributed by atoms with van der Waals surface area (Å²) in [6.45, 7) is 2.31. The van der Waals surface area contributed by atoms with E-state index in [1.54, 1.807) is 17.8 Å². The summed E-state index contributed by atoms with van der Waals surface area (Å²) in [5.41, 5.74) is 3.53. The van der Waals surface area contributed by atoms with Gasteiger partial charge in [-0.2, -0.15) is 0 Å². The van der Waals surface area contributed by atoms with E-state index in [9.17, 15) is 4.79 Å². The van der Waals surface area contributed by atoms with Crippen LogP contribution in [0.4, 0.5) is 11.4 Å². The molecule has 0 spiro atoms. The van der Waals surface area contributed by atoms with Gasteiger partial charge in [0.1, 0.15) is 0 Å². The molecule has 1 fully saturated rings. The second kappa shape index (κ2) is 4.70. The maximum absolute atomic E-state index is 11.5. The molecule has 0 unspecified atom stereocenters. The largest absolute Gasteiger partial charge is 0.372 e. The Kier molecular flexibility index (Phi) is 2.84. The van der Waals surface area contributed by atoms with E-state index in [0.29, 0.717) is 6.42 Å². The van der Waals surface area contributed by atoms with Gasteiger partial charge in [-0.15, -0.1) is 0 Å². The summed E-state index contributed by atoms with van der Waals surface area (Å²) in [5, 5.41) is 3.44. The van der Waals surface area contributed by atoms with E-state index < -0.39 is 0 Å². The van der Waals surface area contributed by atoms with Gasteiger partial charge in [0.25, 0.3) is 0 Å². The maximum atomic E-state index is 11.5. The topological polar surface area (TPSA) is 32.3 Å². The molecule has 1 aromatic carbocycles. The summed E-state index contributed by atoms with van der Waals surface area (Å²) < 4.78 is 0. The number of fused-ring (bicyclic) bond motifs is 2. The monoisotopic (exact) mass is 284 g/mol. The molecule has 1 N–H and O–H groups in total. The Morgan fingerprint density at radius 1 is 1.20 bits per heavy atom. The Hall–Kier alpha value is -1.68. The number of allylic oxidation sites excluding steroid dienone is 2. The fourth-order valence-electron chi connectivity index (χ4n) is 2.92. The Labute approximate surface area is 122 Å². The molecule has 102 valence electrons. The summed E-state index contributed by atoms with van der Waals surface area (Å²) in [5.74, 6) is 0.192. The molecule has 0 amide bonds. The number of benzene rings is 1. The highest BCUT2D eigenvalue weighted by Gasteiger charge is 2.23. The van der Waals surface area contributed by atoms with Gasteiger partial charge in [-0.1, -0.05) is 17.8 Å². The van der Waals surface area contributed by atoms with Crippen LogP contribution in [0.5, 0.6) is 0 Å². The minimum atomic E-state index is 0.192. The van der Waals surface area contributed by atoms with E-state index in [-0.39, 0.29) is 5.78 Å². The summed E-state index contributed by atoms with van der Waals surface area (Å²) >= 11 is 1.70. The van der Waals surface area contributed by atoms with Gasteiger partial charge < -0.3 is 10.2 Å². The van der Waals surface area contributed by atoms with Crippen molar-refractivity contribution in [2.24, 2.45) is 0 Å². The van der Waals surface area contributed by atoms with E-state index >= 15 is 0 Å². The van der Waals surface area contributed by atoms with Crippen LogP contribution >= 0.6 is 11.8 Å². The van der Waals surface area contributed by atoms with Crippen molar-refractivity contribution in [1.29, 1.82) is 0 Å². The van der Waals surface area contributed by atoms with Crippen LogP contribution in [0.3, 0.4) is 0 Å². The number of nitrogens with one attached hydrogen (secondary N) is 1. The fourth-order valence-corrected chi connectivity index (χ4v) is 4.00. The number of rotatable bonds is 1. The molecule has 4 rings (SSSR count). The molecular formula is C16H16N2OS. The molecule has 2 heterocycles. The minimum absolute atomic E-state index is 0.192. The van der Waals surface area contributed by atoms with Crippen LogP contribution in [0.2, 0.25) is 0 Å². The molecule has 1 saturated heterocycles. The average Bonchev–Trinajstić information content (AvgIpc) is 2.98. The van der Waals surface area contributed by atoms with Crippen molar-refractivity contribution in [3.8, 4) is 0 Å². The molecule has 1 aliphatic carbocycles. The van der Waals surface area contributed by atoms with Gasteiger partial charge in [0, 0.05) is 40.7 Å². The number of nitrogens with zero attached hydrogens (tertiary/aromatic N) is 1. The van der Waals surface area contributed by atoms with Gasteiger partial charge in [-0.05, 0) is 37.1 Å². The highest BCUT2D eigenvalue weighted by atomic mass is 32.2. The van der Waals surface area contributed by atoms with Crippen LogP contribution in [0.25, 0.3) is 0 Å². The van der Waals surface area contributed by atoms with Crippen molar-refractivity contribution in [3.05, 3.63) is 41.0 Å².